The van der Waals surface area contributed by atoms with Gasteiger partial charge in [0.05, 0.1) is 0 Å². The average Bonchev–Trinajstić information content (AvgIpc) is 2.06. The van der Waals surface area contributed by atoms with Gasteiger partial charge < -0.3 is 0 Å². The van der Waals surface area contributed by atoms with Crippen LogP contribution in [-0.4, -0.2) is 10.9 Å². The van der Waals surface area contributed by atoms with Crippen molar-refractivity contribution in [1.82, 2.24) is 10.7 Å². The van der Waals surface area contributed by atoms with Gasteiger partial charge in [-0.05, 0) is 24.1 Å². The third kappa shape index (κ3) is 2.34. The Morgan fingerprint density at radius 2 is 2.17 bits per heavy atom. The molecule has 12 heavy (non-hydrogen) atoms. The lowest BCUT2D eigenvalue weighted by molar-refractivity contribution is -0.121. The summed E-state index contributed by atoms with van der Waals surface area (Å²) in [7, 11) is 0. The number of pyridine rings is 1. The van der Waals surface area contributed by atoms with Crippen LogP contribution in [0.3, 0.4) is 0 Å². The molecule has 0 bridgehead atoms. The minimum atomic E-state index is -0.508. The maximum absolute atomic E-state index is 10.6. The lowest BCUT2D eigenvalue weighted by atomic mass is 10.0. The molecule has 0 aliphatic rings. The number of nitrogens with zero attached hydrogens (tertiary/aromatic N) is 1. The number of aromatic nitrogens is 1. The first-order valence-electron chi connectivity index (χ1n) is 3.84. The van der Waals surface area contributed by atoms with Crippen LogP contribution in [0.2, 0.25) is 0 Å². The third-order valence-corrected chi connectivity index (χ3v) is 1.74. The fourth-order valence-corrected chi connectivity index (χ4v) is 0.965. The number of carbonyl (C=O) groups is 1. The fourth-order valence-electron chi connectivity index (χ4n) is 0.965. The Morgan fingerprint density at radius 1 is 1.58 bits per heavy atom. The van der Waals surface area contributed by atoms with E-state index in [-0.39, 0.29) is 5.92 Å². The Bertz CT molecular complexity index is 258. The molecule has 0 aromatic carbocycles. The Balaban J connectivity index is 2.58. The molecule has 3 nitrogen and oxygen atoms in total. The molecule has 1 heterocycles. The maximum Gasteiger partial charge on any atom is 0.241 e. The van der Waals surface area contributed by atoms with E-state index in [0.717, 1.165) is 5.56 Å². The third-order valence-electron chi connectivity index (χ3n) is 1.74. The summed E-state index contributed by atoms with van der Waals surface area (Å²) < 4.78 is 0. The first kappa shape index (κ1) is 8.71. The van der Waals surface area contributed by atoms with Crippen molar-refractivity contribution >= 4 is 5.91 Å². The molecule has 3 heteroatoms. The number of amides is 1. The Kier molecular flexibility index (Phi) is 2.80. The van der Waals surface area contributed by atoms with E-state index < -0.39 is 5.91 Å². The lowest BCUT2D eigenvalue weighted by Gasteiger charge is -2.04. The molecule has 63 valence electrons. The van der Waals surface area contributed by atoms with Crippen LogP contribution >= 0.6 is 0 Å². The molecule has 0 aliphatic carbocycles. The second-order valence-electron chi connectivity index (χ2n) is 2.82. The van der Waals surface area contributed by atoms with Gasteiger partial charge in [0.25, 0.3) is 0 Å². The molecule has 1 rings (SSSR count). The van der Waals surface area contributed by atoms with Gasteiger partial charge in [0.2, 0.25) is 5.91 Å². The van der Waals surface area contributed by atoms with Crippen LogP contribution in [0.5, 0.6) is 0 Å². The topological polar surface area (TPSA) is 53.8 Å². The van der Waals surface area contributed by atoms with Gasteiger partial charge in [-0.15, -0.1) is 0 Å². The second kappa shape index (κ2) is 3.85. The molecule has 1 unspecified atom stereocenters. The highest BCUT2D eigenvalue weighted by Crippen LogP contribution is 2.06. The SMILES string of the molecule is CC(Cc1ccncc1)C([NH])=O. The molecule has 1 aromatic heterocycles. The molecule has 1 amide bonds. The van der Waals surface area contributed by atoms with E-state index in [0.29, 0.717) is 6.42 Å². The zero-order valence-electron chi connectivity index (χ0n) is 6.95. The quantitative estimate of drug-likeness (QED) is 0.669. The average molecular weight is 163 g/mol. The molecule has 1 N–H and O–H groups in total. The molecule has 1 atom stereocenters. The van der Waals surface area contributed by atoms with E-state index in [2.05, 4.69) is 4.98 Å². The van der Waals surface area contributed by atoms with Gasteiger partial charge >= 0.3 is 0 Å². The van der Waals surface area contributed by atoms with Gasteiger partial charge in [-0.2, -0.15) is 0 Å². The van der Waals surface area contributed by atoms with E-state index in [4.69, 9.17) is 5.73 Å². The van der Waals surface area contributed by atoms with Gasteiger partial charge in [-0.3, -0.25) is 15.5 Å². The number of hydrogen-bond acceptors (Lipinski definition) is 2. The highest BCUT2D eigenvalue weighted by molar-refractivity contribution is 5.75. The first-order chi connectivity index (χ1) is 5.70. The number of rotatable bonds is 3. The Hall–Kier alpha value is -1.38. The van der Waals surface area contributed by atoms with Gasteiger partial charge in [0.1, 0.15) is 0 Å². The van der Waals surface area contributed by atoms with Gasteiger partial charge in [0, 0.05) is 18.3 Å². The standard InChI is InChI=1S/C9H11N2O/c1-7(9(10)12)6-8-2-4-11-5-3-8/h2-5,7,10H,6H2,1H3. The van der Waals surface area contributed by atoms with Crippen molar-refractivity contribution in [3.63, 3.8) is 0 Å². The van der Waals surface area contributed by atoms with E-state index in [1.54, 1.807) is 19.3 Å². The van der Waals surface area contributed by atoms with E-state index >= 15 is 0 Å². The van der Waals surface area contributed by atoms with Crippen LogP contribution in [0.15, 0.2) is 24.5 Å². The van der Waals surface area contributed by atoms with E-state index in [9.17, 15) is 4.79 Å². The summed E-state index contributed by atoms with van der Waals surface area (Å²) in [5.41, 5.74) is 7.93. The number of nitrogens with one attached hydrogen (secondary N) is 1. The van der Waals surface area contributed by atoms with Crippen molar-refractivity contribution in [2.45, 2.75) is 13.3 Å². The molecule has 0 saturated carbocycles. The summed E-state index contributed by atoms with van der Waals surface area (Å²) in [6, 6.07) is 3.72. The van der Waals surface area contributed by atoms with Crippen LogP contribution in [0.25, 0.3) is 0 Å². The van der Waals surface area contributed by atoms with Crippen molar-refractivity contribution in [2.75, 3.05) is 0 Å². The smallest absolute Gasteiger partial charge is 0.241 e. The second-order valence-corrected chi connectivity index (χ2v) is 2.82. The lowest BCUT2D eigenvalue weighted by Crippen LogP contribution is -2.13. The summed E-state index contributed by atoms with van der Waals surface area (Å²) in [5.74, 6) is -0.723. The molecule has 1 aromatic rings. The van der Waals surface area contributed by atoms with Crippen molar-refractivity contribution in [2.24, 2.45) is 5.92 Å². The predicted octanol–water partition coefficient (Wildman–Crippen LogP) is 1.07. The largest absolute Gasteiger partial charge is 0.273 e. The first-order valence-corrected chi connectivity index (χ1v) is 3.84. The zero-order valence-corrected chi connectivity index (χ0v) is 6.95. The molecular formula is C9H11N2O. The summed E-state index contributed by atoms with van der Waals surface area (Å²) in [6.07, 6.45) is 4.01. The molecular weight excluding hydrogens is 152 g/mol. The molecule has 1 radical (unpaired) electrons. The highest BCUT2D eigenvalue weighted by Gasteiger charge is 2.09. The maximum atomic E-state index is 10.6. The summed E-state index contributed by atoms with van der Waals surface area (Å²) in [4.78, 5) is 14.5. The van der Waals surface area contributed by atoms with Crippen LogP contribution in [0.4, 0.5) is 0 Å². The Morgan fingerprint density at radius 3 is 2.67 bits per heavy atom. The van der Waals surface area contributed by atoms with E-state index in [1.807, 2.05) is 12.1 Å². The number of carbonyl (C=O) groups excluding carboxylic acids is 1. The minimum Gasteiger partial charge on any atom is -0.273 e. The minimum absolute atomic E-state index is 0.215. The van der Waals surface area contributed by atoms with Gasteiger partial charge in [-0.25, -0.2) is 0 Å². The van der Waals surface area contributed by atoms with Crippen LogP contribution in [0, 0.1) is 5.92 Å². The Labute approximate surface area is 71.6 Å². The highest BCUT2D eigenvalue weighted by atomic mass is 16.1. The number of hydrogen-bond donors (Lipinski definition) is 0. The zero-order chi connectivity index (χ0) is 8.97. The van der Waals surface area contributed by atoms with Gasteiger partial charge in [0.15, 0.2) is 0 Å². The molecule has 0 aliphatic heterocycles. The summed E-state index contributed by atoms with van der Waals surface area (Å²) in [5, 5.41) is 0. The fraction of sp³-hybridized carbons (Fsp3) is 0.333. The summed E-state index contributed by atoms with van der Waals surface area (Å²) >= 11 is 0. The van der Waals surface area contributed by atoms with Crippen molar-refractivity contribution in [1.29, 1.82) is 0 Å². The van der Waals surface area contributed by atoms with Crippen molar-refractivity contribution < 1.29 is 4.79 Å². The predicted molar refractivity (Wildman–Crippen MR) is 45.2 cm³/mol. The van der Waals surface area contributed by atoms with Crippen LogP contribution in [-0.2, 0) is 11.2 Å². The van der Waals surface area contributed by atoms with Gasteiger partial charge in [-0.1, -0.05) is 6.92 Å². The van der Waals surface area contributed by atoms with Crippen molar-refractivity contribution in [3.05, 3.63) is 30.1 Å². The molecule has 0 spiro atoms. The summed E-state index contributed by atoms with van der Waals surface area (Å²) in [6.45, 7) is 1.76. The monoisotopic (exact) mass is 163 g/mol. The normalized spacial score (nSPS) is 12.4. The van der Waals surface area contributed by atoms with Crippen LogP contribution < -0.4 is 5.73 Å². The van der Waals surface area contributed by atoms with Crippen LogP contribution in [0.1, 0.15) is 12.5 Å². The van der Waals surface area contributed by atoms with E-state index in [1.165, 1.54) is 0 Å². The molecule has 0 saturated heterocycles. The van der Waals surface area contributed by atoms with Crippen molar-refractivity contribution in [3.8, 4) is 0 Å². The molecule has 0 fully saturated rings.